The van der Waals surface area contributed by atoms with E-state index in [2.05, 4.69) is 4.99 Å². The number of amidine groups is 1. The van der Waals surface area contributed by atoms with Crippen molar-refractivity contribution < 1.29 is 14.3 Å². The molecule has 5 nitrogen and oxygen atoms in total. The van der Waals surface area contributed by atoms with Gasteiger partial charge in [0, 0.05) is 6.42 Å². The number of rotatable bonds is 6. The molecule has 0 aliphatic heterocycles. The van der Waals surface area contributed by atoms with E-state index >= 15 is 0 Å². The van der Waals surface area contributed by atoms with Crippen molar-refractivity contribution in [1.29, 1.82) is 0 Å². The first-order valence-electron chi connectivity index (χ1n) is 5.29. The van der Waals surface area contributed by atoms with E-state index in [0.717, 1.165) is 0 Å². The van der Waals surface area contributed by atoms with E-state index in [-0.39, 0.29) is 25.2 Å². The second-order valence-corrected chi connectivity index (χ2v) is 4.37. The van der Waals surface area contributed by atoms with Crippen LogP contribution in [0.25, 0.3) is 0 Å². The maximum atomic E-state index is 13.6. The van der Waals surface area contributed by atoms with Gasteiger partial charge in [0.05, 0.1) is 12.4 Å². The SMILES string of the molecule is CC(N)=NCC(C)=C(F)CC[C@](C)(N)C(=O)O. The first kappa shape index (κ1) is 15.6. The molecule has 1 atom stereocenters. The van der Waals surface area contributed by atoms with Crippen LogP contribution in [0.5, 0.6) is 0 Å². The van der Waals surface area contributed by atoms with Crippen LogP contribution in [0.1, 0.15) is 33.6 Å². The third-order valence-corrected chi connectivity index (χ3v) is 2.38. The van der Waals surface area contributed by atoms with Gasteiger partial charge in [-0.05, 0) is 32.8 Å². The summed E-state index contributed by atoms with van der Waals surface area (Å²) in [6.45, 7) is 4.76. The number of aliphatic carboxylic acids is 1. The zero-order valence-corrected chi connectivity index (χ0v) is 10.5. The second kappa shape index (κ2) is 6.34. The molecule has 0 radical (unpaired) electrons. The number of hydrogen-bond donors (Lipinski definition) is 3. The number of halogens is 1. The summed E-state index contributed by atoms with van der Waals surface area (Å²) in [5.74, 6) is -1.14. The topological polar surface area (TPSA) is 102 Å². The van der Waals surface area contributed by atoms with Crippen LogP contribution in [0.3, 0.4) is 0 Å². The Labute approximate surface area is 100 Å². The van der Waals surface area contributed by atoms with Crippen LogP contribution in [-0.2, 0) is 4.79 Å². The summed E-state index contributed by atoms with van der Waals surface area (Å²) < 4.78 is 13.6. The molecule has 0 rings (SSSR count). The van der Waals surface area contributed by atoms with Gasteiger partial charge < -0.3 is 16.6 Å². The van der Waals surface area contributed by atoms with Crippen LogP contribution in [0.2, 0.25) is 0 Å². The Hall–Kier alpha value is -1.43. The van der Waals surface area contributed by atoms with Gasteiger partial charge in [0.25, 0.3) is 0 Å². The van der Waals surface area contributed by atoms with Crippen molar-refractivity contribution in [2.75, 3.05) is 6.54 Å². The fraction of sp³-hybridized carbons (Fsp3) is 0.636. The van der Waals surface area contributed by atoms with Gasteiger partial charge in [0.1, 0.15) is 11.4 Å². The molecule has 0 aliphatic carbocycles. The Kier molecular flexibility index (Phi) is 5.81. The lowest BCUT2D eigenvalue weighted by molar-refractivity contribution is -0.142. The van der Waals surface area contributed by atoms with E-state index in [1.54, 1.807) is 13.8 Å². The van der Waals surface area contributed by atoms with Crippen LogP contribution in [0.15, 0.2) is 16.4 Å². The Bertz CT molecular complexity index is 345. The minimum absolute atomic E-state index is 0.00965. The normalized spacial score (nSPS) is 17.4. The summed E-state index contributed by atoms with van der Waals surface area (Å²) in [5.41, 5.74) is 9.85. The molecule has 0 saturated heterocycles. The highest BCUT2D eigenvalue weighted by molar-refractivity contribution is 5.78. The molecule has 0 bridgehead atoms. The molecular formula is C11H20FN3O2. The fourth-order valence-electron chi connectivity index (χ4n) is 1.02. The minimum Gasteiger partial charge on any atom is -0.480 e. The van der Waals surface area contributed by atoms with Crippen molar-refractivity contribution in [2.24, 2.45) is 16.5 Å². The van der Waals surface area contributed by atoms with Crippen LogP contribution < -0.4 is 11.5 Å². The van der Waals surface area contributed by atoms with Gasteiger partial charge in [-0.15, -0.1) is 0 Å². The largest absolute Gasteiger partial charge is 0.480 e. The third-order valence-electron chi connectivity index (χ3n) is 2.38. The van der Waals surface area contributed by atoms with E-state index < -0.39 is 11.5 Å². The van der Waals surface area contributed by atoms with E-state index in [4.69, 9.17) is 16.6 Å². The first-order valence-corrected chi connectivity index (χ1v) is 5.29. The minimum atomic E-state index is -1.41. The summed E-state index contributed by atoms with van der Waals surface area (Å²) in [5, 5.41) is 8.77. The highest BCUT2D eigenvalue weighted by Crippen LogP contribution is 2.18. The van der Waals surface area contributed by atoms with Crippen molar-refractivity contribution in [1.82, 2.24) is 0 Å². The number of hydrogen-bond acceptors (Lipinski definition) is 3. The van der Waals surface area contributed by atoms with E-state index in [0.29, 0.717) is 11.4 Å². The molecular weight excluding hydrogens is 225 g/mol. The van der Waals surface area contributed by atoms with Gasteiger partial charge in [-0.1, -0.05) is 0 Å². The van der Waals surface area contributed by atoms with Crippen molar-refractivity contribution in [2.45, 2.75) is 39.2 Å². The van der Waals surface area contributed by atoms with Gasteiger partial charge in [0.2, 0.25) is 0 Å². The molecule has 0 aliphatic rings. The summed E-state index contributed by atoms with van der Waals surface area (Å²) in [6.07, 6.45) is 0.0289. The molecule has 98 valence electrons. The van der Waals surface area contributed by atoms with Gasteiger partial charge in [-0.25, -0.2) is 4.39 Å². The Morgan fingerprint density at radius 3 is 2.41 bits per heavy atom. The number of carbonyl (C=O) groups is 1. The average Bonchev–Trinajstić information content (AvgIpc) is 2.22. The molecule has 0 aromatic rings. The molecule has 0 aromatic carbocycles. The van der Waals surface area contributed by atoms with Gasteiger partial charge in [0.15, 0.2) is 0 Å². The van der Waals surface area contributed by atoms with Gasteiger partial charge in [-0.3, -0.25) is 9.79 Å². The number of carboxylic acid groups (broad SMARTS) is 1. The average molecular weight is 245 g/mol. The summed E-state index contributed by atoms with van der Waals surface area (Å²) in [4.78, 5) is 14.6. The zero-order valence-electron chi connectivity index (χ0n) is 10.5. The zero-order chi connectivity index (χ0) is 13.6. The van der Waals surface area contributed by atoms with Crippen molar-refractivity contribution in [3.63, 3.8) is 0 Å². The molecule has 6 heteroatoms. The van der Waals surface area contributed by atoms with Gasteiger partial charge >= 0.3 is 5.97 Å². The lowest BCUT2D eigenvalue weighted by Gasteiger charge is -2.18. The number of nitrogens with zero attached hydrogens (tertiary/aromatic N) is 1. The first-order chi connectivity index (χ1) is 7.66. The number of carboxylic acids is 1. The predicted molar refractivity (Wildman–Crippen MR) is 65.4 cm³/mol. The molecule has 0 fully saturated rings. The molecule has 0 saturated carbocycles. The summed E-state index contributed by atoms with van der Waals surface area (Å²) in [7, 11) is 0. The molecule has 17 heavy (non-hydrogen) atoms. The van der Waals surface area contributed by atoms with E-state index in [1.165, 1.54) is 6.92 Å². The quantitative estimate of drug-likeness (QED) is 0.483. The molecule has 0 unspecified atom stereocenters. The highest BCUT2D eigenvalue weighted by Gasteiger charge is 2.27. The van der Waals surface area contributed by atoms with E-state index in [1.807, 2.05) is 0 Å². The molecule has 0 heterocycles. The van der Waals surface area contributed by atoms with Crippen molar-refractivity contribution in [3.05, 3.63) is 11.4 Å². The monoisotopic (exact) mass is 245 g/mol. The highest BCUT2D eigenvalue weighted by atomic mass is 19.1. The number of nitrogens with two attached hydrogens (primary N) is 2. The predicted octanol–water partition coefficient (Wildman–Crippen LogP) is 1.19. The standard InChI is InChI=1S/C11H20FN3O2/c1-7(6-15-8(2)13)9(12)4-5-11(3,14)10(16)17/h4-6,14H2,1-3H3,(H2,13,15)(H,16,17)/t11-/m0/s1. The molecule has 5 N–H and O–H groups in total. The lowest BCUT2D eigenvalue weighted by atomic mass is 9.96. The van der Waals surface area contributed by atoms with E-state index in [9.17, 15) is 9.18 Å². The van der Waals surface area contributed by atoms with Crippen LogP contribution in [0, 0.1) is 0 Å². The van der Waals surface area contributed by atoms with Crippen molar-refractivity contribution in [3.8, 4) is 0 Å². The summed E-state index contributed by atoms with van der Waals surface area (Å²) >= 11 is 0. The van der Waals surface area contributed by atoms with Crippen LogP contribution in [-0.4, -0.2) is 29.0 Å². The lowest BCUT2D eigenvalue weighted by Crippen LogP contribution is -2.44. The van der Waals surface area contributed by atoms with Crippen LogP contribution in [0.4, 0.5) is 4.39 Å². The smallest absolute Gasteiger partial charge is 0.323 e. The third kappa shape index (κ3) is 6.01. The Morgan fingerprint density at radius 1 is 1.47 bits per heavy atom. The Morgan fingerprint density at radius 2 is 2.00 bits per heavy atom. The van der Waals surface area contributed by atoms with Crippen molar-refractivity contribution >= 4 is 11.8 Å². The Balaban J connectivity index is 4.43. The van der Waals surface area contributed by atoms with Gasteiger partial charge in [-0.2, -0.15) is 0 Å². The fourth-order valence-corrected chi connectivity index (χ4v) is 1.02. The van der Waals surface area contributed by atoms with Crippen LogP contribution >= 0.6 is 0 Å². The second-order valence-electron chi connectivity index (χ2n) is 4.37. The molecule has 0 amide bonds. The maximum Gasteiger partial charge on any atom is 0.323 e. The number of aliphatic imine (C=N–C) groups is 1. The number of allylic oxidation sites excluding steroid dienone is 1. The molecule has 0 spiro atoms. The molecule has 0 aromatic heterocycles. The summed E-state index contributed by atoms with van der Waals surface area (Å²) in [6, 6.07) is 0. The maximum absolute atomic E-state index is 13.6.